The number of aliphatic imine (C=N–C) groups is 1. The number of unbranched alkanes of at least 4 members (excludes halogenated alkanes) is 2. The molecule has 0 bridgehead atoms. The zero-order valence-corrected chi connectivity index (χ0v) is 18.7. The first-order valence-electron chi connectivity index (χ1n) is 10.5. The van der Waals surface area contributed by atoms with Crippen LogP contribution in [0.25, 0.3) is 6.08 Å². The monoisotopic (exact) mass is 433 g/mol. The molecule has 0 spiro atoms. The van der Waals surface area contributed by atoms with Crippen LogP contribution >= 0.6 is 11.3 Å². The molecule has 0 atom stereocenters. The summed E-state index contributed by atoms with van der Waals surface area (Å²) >= 11 is 1.57. The lowest BCUT2D eigenvalue weighted by Gasteiger charge is -2.07. The minimum absolute atomic E-state index is 0.399. The molecular weight excluding hydrogens is 406 g/mol. The summed E-state index contributed by atoms with van der Waals surface area (Å²) in [5.41, 5.74) is 2.72. The first kappa shape index (κ1) is 22.5. The van der Waals surface area contributed by atoms with Crippen molar-refractivity contribution in [2.75, 3.05) is 6.61 Å². The standard InChI is InChI=1S/C26H27NO3S/c1-3-4-5-18-29-23-14-10-22(11-15-23)27-20(2)21-8-12-24(13-9-21)30-26(28)17-16-25-7-6-19-31-25/h6-17,19H,3-5,18H2,1-2H3/b17-16+,27-20?. The van der Waals surface area contributed by atoms with Crippen LogP contribution in [0.3, 0.4) is 0 Å². The van der Waals surface area contributed by atoms with Crippen molar-refractivity contribution in [3.63, 3.8) is 0 Å². The van der Waals surface area contributed by atoms with Gasteiger partial charge in [0, 0.05) is 16.7 Å². The van der Waals surface area contributed by atoms with Crippen molar-refractivity contribution in [3.05, 3.63) is 82.6 Å². The Morgan fingerprint density at radius 1 is 1.00 bits per heavy atom. The van der Waals surface area contributed by atoms with Crippen LogP contribution in [-0.4, -0.2) is 18.3 Å². The predicted molar refractivity (Wildman–Crippen MR) is 129 cm³/mol. The van der Waals surface area contributed by atoms with Crippen LogP contribution in [0.5, 0.6) is 11.5 Å². The predicted octanol–water partition coefficient (Wildman–Crippen LogP) is 7.08. The summed E-state index contributed by atoms with van der Waals surface area (Å²) in [7, 11) is 0. The smallest absolute Gasteiger partial charge is 0.336 e. The van der Waals surface area contributed by atoms with E-state index in [0.29, 0.717) is 5.75 Å². The van der Waals surface area contributed by atoms with Gasteiger partial charge >= 0.3 is 5.97 Å². The minimum Gasteiger partial charge on any atom is -0.494 e. The molecule has 160 valence electrons. The summed E-state index contributed by atoms with van der Waals surface area (Å²) in [4.78, 5) is 17.6. The Morgan fingerprint density at radius 2 is 1.74 bits per heavy atom. The molecule has 0 radical (unpaired) electrons. The zero-order chi connectivity index (χ0) is 21.9. The molecule has 1 heterocycles. The van der Waals surface area contributed by atoms with E-state index >= 15 is 0 Å². The van der Waals surface area contributed by atoms with Crippen molar-refractivity contribution in [1.29, 1.82) is 0 Å². The molecular formula is C26H27NO3S. The summed E-state index contributed by atoms with van der Waals surface area (Å²) in [6.45, 7) is 4.89. The number of carbonyl (C=O) groups excluding carboxylic acids is 1. The number of benzene rings is 2. The number of ether oxygens (including phenoxy) is 2. The minimum atomic E-state index is -0.399. The molecule has 0 N–H and O–H groups in total. The van der Waals surface area contributed by atoms with Gasteiger partial charge in [-0.2, -0.15) is 0 Å². The van der Waals surface area contributed by atoms with Crippen LogP contribution < -0.4 is 9.47 Å². The maximum absolute atomic E-state index is 12.0. The van der Waals surface area contributed by atoms with E-state index in [1.807, 2.05) is 60.8 Å². The van der Waals surface area contributed by atoms with E-state index in [2.05, 4.69) is 11.9 Å². The third kappa shape index (κ3) is 7.54. The van der Waals surface area contributed by atoms with E-state index in [0.717, 1.165) is 40.6 Å². The number of hydrogen-bond donors (Lipinski definition) is 0. The Bertz CT molecular complexity index is 1000. The van der Waals surface area contributed by atoms with Gasteiger partial charge in [-0.15, -0.1) is 11.3 Å². The largest absolute Gasteiger partial charge is 0.494 e. The Morgan fingerprint density at radius 3 is 2.42 bits per heavy atom. The zero-order valence-electron chi connectivity index (χ0n) is 17.9. The van der Waals surface area contributed by atoms with Crippen molar-refractivity contribution < 1.29 is 14.3 Å². The van der Waals surface area contributed by atoms with E-state index in [9.17, 15) is 4.79 Å². The number of thiophene rings is 1. The van der Waals surface area contributed by atoms with Gasteiger partial charge in [-0.05, 0) is 85.0 Å². The van der Waals surface area contributed by atoms with E-state index in [1.54, 1.807) is 29.5 Å². The second-order valence-corrected chi connectivity index (χ2v) is 8.02. The van der Waals surface area contributed by atoms with Crippen molar-refractivity contribution in [1.82, 2.24) is 0 Å². The lowest BCUT2D eigenvalue weighted by Crippen LogP contribution is -2.04. The van der Waals surface area contributed by atoms with Gasteiger partial charge in [-0.25, -0.2) is 4.79 Å². The number of esters is 1. The number of nitrogens with zero attached hydrogens (tertiary/aromatic N) is 1. The first-order valence-corrected chi connectivity index (χ1v) is 11.3. The van der Waals surface area contributed by atoms with Gasteiger partial charge in [-0.1, -0.05) is 25.8 Å². The Hall–Kier alpha value is -3.18. The van der Waals surface area contributed by atoms with Crippen LogP contribution in [-0.2, 0) is 4.79 Å². The molecule has 2 aromatic carbocycles. The molecule has 3 rings (SSSR count). The quantitative estimate of drug-likeness (QED) is 0.113. The fourth-order valence-electron chi connectivity index (χ4n) is 2.87. The lowest BCUT2D eigenvalue weighted by molar-refractivity contribution is -0.128. The molecule has 0 amide bonds. The van der Waals surface area contributed by atoms with Gasteiger partial charge in [0.05, 0.1) is 12.3 Å². The highest BCUT2D eigenvalue weighted by atomic mass is 32.1. The average molecular weight is 434 g/mol. The van der Waals surface area contributed by atoms with Crippen molar-refractivity contribution in [2.24, 2.45) is 4.99 Å². The third-order valence-corrected chi connectivity index (χ3v) is 5.41. The highest BCUT2D eigenvalue weighted by Crippen LogP contribution is 2.21. The van der Waals surface area contributed by atoms with Gasteiger partial charge in [0.1, 0.15) is 11.5 Å². The number of carbonyl (C=O) groups is 1. The van der Waals surface area contributed by atoms with Crippen LogP contribution in [0.15, 0.2) is 77.1 Å². The van der Waals surface area contributed by atoms with Gasteiger partial charge in [0.15, 0.2) is 0 Å². The topological polar surface area (TPSA) is 47.9 Å². The molecule has 0 aliphatic heterocycles. The molecule has 1 aromatic heterocycles. The molecule has 0 aliphatic rings. The van der Waals surface area contributed by atoms with Crippen LogP contribution in [0.1, 0.15) is 43.6 Å². The molecule has 0 aliphatic carbocycles. The van der Waals surface area contributed by atoms with Crippen molar-refractivity contribution in [2.45, 2.75) is 33.1 Å². The summed E-state index contributed by atoms with van der Waals surface area (Å²) < 4.78 is 11.1. The normalized spacial score (nSPS) is 11.6. The van der Waals surface area contributed by atoms with Gasteiger partial charge in [0.25, 0.3) is 0 Å². The molecule has 31 heavy (non-hydrogen) atoms. The van der Waals surface area contributed by atoms with Gasteiger partial charge < -0.3 is 9.47 Å². The molecule has 3 aromatic rings. The molecule has 0 fully saturated rings. The maximum atomic E-state index is 12.0. The Labute approximate surface area is 187 Å². The van der Waals surface area contributed by atoms with E-state index < -0.39 is 5.97 Å². The van der Waals surface area contributed by atoms with Gasteiger partial charge in [-0.3, -0.25) is 4.99 Å². The molecule has 4 nitrogen and oxygen atoms in total. The maximum Gasteiger partial charge on any atom is 0.336 e. The van der Waals surface area contributed by atoms with Crippen LogP contribution in [0.2, 0.25) is 0 Å². The summed E-state index contributed by atoms with van der Waals surface area (Å²) in [5.74, 6) is 0.970. The fourth-order valence-corrected chi connectivity index (χ4v) is 3.49. The van der Waals surface area contributed by atoms with Crippen LogP contribution in [0.4, 0.5) is 5.69 Å². The second-order valence-electron chi connectivity index (χ2n) is 7.04. The van der Waals surface area contributed by atoms with Crippen LogP contribution in [0, 0.1) is 0 Å². The van der Waals surface area contributed by atoms with Crippen molar-refractivity contribution >= 4 is 34.8 Å². The number of hydrogen-bond acceptors (Lipinski definition) is 5. The molecule has 0 saturated heterocycles. The molecule has 5 heteroatoms. The first-order chi connectivity index (χ1) is 15.1. The third-order valence-electron chi connectivity index (χ3n) is 4.57. The molecule has 0 unspecified atom stereocenters. The Kier molecular flexibility index (Phi) is 8.61. The molecule has 0 saturated carbocycles. The van der Waals surface area contributed by atoms with Crippen molar-refractivity contribution in [3.8, 4) is 11.5 Å². The fraction of sp³-hybridized carbons (Fsp3) is 0.231. The van der Waals surface area contributed by atoms with Gasteiger partial charge in [0.2, 0.25) is 0 Å². The van der Waals surface area contributed by atoms with E-state index in [-0.39, 0.29) is 0 Å². The highest BCUT2D eigenvalue weighted by molar-refractivity contribution is 7.10. The highest BCUT2D eigenvalue weighted by Gasteiger charge is 2.03. The average Bonchev–Trinajstić information content (AvgIpc) is 3.31. The van der Waals surface area contributed by atoms with E-state index in [1.165, 1.54) is 18.9 Å². The summed E-state index contributed by atoms with van der Waals surface area (Å²) in [6.07, 6.45) is 6.63. The SMILES string of the molecule is CCCCCOc1ccc(N=C(C)c2ccc(OC(=O)/C=C/c3cccs3)cc2)cc1. The number of rotatable bonds is 10. The Balaban J connectivity index is 1.54. The second kappa shape index (κ2) is 11.9. The summed E-state index contributed by atoms with van der Waals surface area (Å²) in [5, 5.41) is 1.96. The lowest BCUT2D eigenvalue weighted by atomic mass is 10.1. The van der Waals surface area contributed by atoms with E-state index in [4.69, 9.17) is 9.47 Å². The summed E-state index contributed by atoms with van der Waals surface area (Å²) in [6, 6.07) is 19.0.